The molecule has 3 N–H and O–H groups in total. The van der Waals surface area contributed by atoms with Gasteiger partial charge in [-0.05, 0) is 62.9 Å². The van der Waals surface area contributed by atoms with E-state index >= 15 is 0 Å². The molecule has 1 fully saturated rings. The number of hydrogen-bond donors (Lipinski definition) is 2. The van der Waals surface area contributed by atoms with Crippen molar-refractivity contribution >= 4 is 22.9 Å². The molecular formula is C30H32N8O3. The van der Waals surface area contributed by atoms with E-state index in [-0.39, 0.29) is 28.9 Å². The number of nitriles is 1. The zero-order valence-corrected chi connectivity index (χ0v) is 23.2. The van der Waals surface area contributed by atoms with E-state index in [1.165, 1.54) is 10.9 Å². The molecule has 0 aliphatic carbocycles. The number of likely N-dealkylation sites (tertiary alicyclic amines) is 1. The number of nitrogens with two attached hydrogens (primary N) is 1. The Bertz CT molecular complexity index is 1690. The maximum absolute atomic E-state index is 13.7. The summed E-state index contributed by atoms with van der Waals surface area (Å²) in [4.78, 5) is 36.8. The fourth-order valence-corrected chi connectivity index (χ4v) is 5.08. The third-order valence-electron chi connectivity index (χ3n) is 6.98. The lowest BCUT2D eigenvalue weighted by molar-refractivity contribution is -0.133. The van der Waals surface area contributed by atoms with Gasteiger partial charge in [0.05, 0.1) is 5.69 Å². The van der Waals surface area contributed by atoms with Gasteiger partial charge in [-0.3, -0.25) is 13.9 Å². The fourth-order valence-electron chi connectivity index (χ4n) is 5.08. The number of ether oxygens (including phenoxy) is 1. The van der Waals surface area contributed by atoms with Crippen molar-refractivity contribution < 1.29 is 9.53 Å². The van der Waals surface area contributed by atoms with Gasteiger partial charge in [0.2, 0.25) is 0 Å². The van der Waals surface area contributed by atoms with Gasteiger partial charge >= 0.3 is 5.69 Å². The monoisotopic (exact) mass is 552 g/mol. The number of nitrogens with one attached hydrogen (secondary N) is 1. The molecule has 2 aromatic heterocycles. The summed E-state index contributed by atoms with van der Waals surface area (Å²) in [5.41, 5.74) is 6.96. The van der Waals surface area contributed by atoms with Gasteiger partial charge in [-0.15, -0.1) is 0 Å². The Morgan fingerprint density at radius 1 is 1.15 bits per heavy atom. The van der Waals surface area contributed by atoms with Crippen LogP contribution in [0, 0.1) is 17.2 Å². The molecule has 2 aromatic carbocycles. The Balaban J connectivity index is 1.36. The summed E-state index contributed by atoms with van der Waals surface area (Å²) in [7, 11) is 0. The maximum atomic E-state index is 13.7. The van der Waals surface area contributed by atoms with Gasteiger partial charge in [0.15, 0.2) is 11.5 Å². The van der Waals surface area contributed by atoms with Gasteiger partial charge < -0.3 is 20.7 Å². The number of imidazole rings is 1. The van der Waals surface area contributed by atoms with Crippen LogP contribution in [-0.4, -0.2) is 55.1 Å². The normalized spacial score (nSPS) is 14.1. The van der Waals surface area contributed by atoms with Crippen molar-refractivity contribution in [2.75, 3.05) is 25.4 Å². The van der Waals surface area contributed by atoms with E-state index in [4.69, 9.17) is 10.5 Å². The van der Waals surface area contributed by atoms with Crippen LogP contribution in [0.25, 0.3) is 16.9 Å². The molecule has 11 nitrogen and oxygen atoms in total. The van der Waals surface area contributed by atoms with Gasteiger partial charge in [0.1, 0.15) is 35.0 Å². The molecular weight excluding hydrogens is 520 g/mol. The highest BCUT2D eigenvalue weighted by molar-refractivity contribution is 5.98. The minimum atomic E-state index is -0.486. The number of rotatable bonds is 9. The van der Waals surface area contributed by atoms with Crippen molar-refractivity contribution in [2.24, 2.45) is 5.92 Å². The van der Waals surface area contributed by atoms with Crippen molar-refractivity contribution in [1.82, 2.24) is 29.3 Å². The summed E-state index contributed by atoms with van der Waals surface area (Å²) >= 11 is 0. The predicted molar refractivity (Wildman–Crippen MR) is 156 cm³/mol. The molecule has 1 aliphatic rings. The van der Waals surface area contributed by atoms with Crippen LogP contribution in [0.5, 0.6) is 11.5 Å². The Labute approximate surface area is 237 Å². The Morgan fingerprint density at radius 3 is 2.49 bits per heavy atom. The number of hydrogen-bond acceptors (Lipinski definition) is 8. The molecule has 0 spiro atoms. The molecule has 0 bridgehead atoms. The highest BCUT2D eigenvalue weighted by Crippen LogP contribution is 2.27. The van der Waals surface area contributed by atoms with E-state index in [9.17, 15) is 14.9 Å². The Kier molecular flexibility index (Phi) is 7.59. The quantitative estimate of drug-likeness (QED) is 0.238. The minimum absolute atomic E-state index is 0.00950. The van der Waals surface area contributed by atoms with Gasteiger partial charge in [-0.25, -0.2) is 14.8 Å². The lowest BCUT2D eigenvalue weighted by Gasteiger charge is -2.39. The molecule has 4 aromatic rings. The number of para-hydroxylation sites is 1. The van der Waals surface area contributed by atoms with E-state index < -0.39 is 5.54 Å². The highest BCUT2D eigenvalue weighted by Gasteiger charge is 2.34. The molecule has 210 valence electrons. The SMILES string of the molecule is CCNC(C)(C)C=C(C#N)C(=O)N1CC(Cn2c(=O)n(-c3ccc(Oc4ccccc4)cc3)c3c(N)ncnc32)C1. The smallest absolute Gasteiger partial charge is 0.335 e. The van der Waals surface area contributed by atoms with Gasteiger partial charge in [0.25, 0.3) is 5.91 Å². The lowest BCUT2D eigenvalue weighted by Crippen LogP contribution is -2.52. The van der Waals surface area contributed by atoms with Gasteiger partial charge in [0, 0.05) is 31.1 Å². The first-order chi connectivity index (χ1) is 19.7. The molecule has 41 heavy (non-hydrogen) atoms. The number of fused-ring (bicyclic) bond motifs is 1. The van der Waals surface area contributed by atoms with Crippen LogP contribution >= 0.6 is 0 Å². The van der Waals surface area contributed by atoms with Crippen molar-refractivity contribution in [2.45, 2.75) is 32.9 Å². The van der Waals surface area contributed by atoms with Crippen LogP contribution in [0.4, 0.5) is 5.82 Å². The maximum Gasteiger partial charge on any atom is 0.335 e. The number of benzene rings is 2. The number of anilines is 1. The second-order valence-corrected chi connectivity index (χ2v) is 10.6. The molecule has 5 rings (SSSR count). The van der Waals surface area contributed by atoms with Gasteiger partial charge in [-0.2, -0.15) is 5.26 Å². The van der Waals surface area contributed by atoms with Crippen LogP contribution in [0.1, 0.15) is 20.8 Å². The number of nitrogens with zero attached hydrogens (tertiary/aromatic N) is 6. The predicted octanol–water partition coefficient (Wildman–Crippen LogP) is 3.25. The number of likely N-dealkylation sites (N-methyl/N-ethyl adjacent to an activating group) is 1. The summed E-state index contributed by atoms with van der Waals surface area (Å²) in [5, 5.41) is 12.9. The first-order valence-corrected chi connectivity index (χ1v) is 13.4. The molecule has 1 amide bonds. The highest BCUT2D eigenvalue weighted by atomic mass is 16.5. The third-order valence-corrected chi connectivity index (χ3v) is 6.98. The summed E-state index contributed by atoms with van der Waals surface area (Å²) in [6.45, 7) is 7.70. The molecule has 0 saturated carbocycles. The molecule has 1 aliphatic heterocycles. The fraction of sp³-hybridized carbons (Fsp3) is 0.300. The Hall–Kier alpha value is -4.95. The van der Waals surface area contributed by atoms with E-state index in [1.54, 1.807) is 39.8 Å². The van der Waals surface area contributed by atoms with Crippen LogP contribution in [-0.2, 0) is 11.3 Å². The van der Waals surface area contributed by atoms with Crippen LogP contribution in [0.15, 0.2) is 77.4 Å². The van der Waals surface area contributed by atoms with Crippen LogP contribution in [0.2, 0.25) is 0 Å². The molecule has 3 heterocycles. The third kappa shape index (κ3) is 5.69. The number of nitrogen functional groups attached to an aromatic ring is 1. The summed E-state index contributed by atoms with van der Waals surface area (Å²) < 4.78 is 8.95. The number of amides is 1. The molecule has 0 atom stereocenters. The minimum Gasteiger partial charge on any atom is -0.457 e. The van der Waals surface area contributed by atoms with E-state index in [1.807, 2.05) is 57.2 Å². The van der Waals surface area contributed by atoms with Crippen molar-refractivity contribution in [3.8, 4) is 23.3 Å². The number of carbonyl (C=O) groups excluding carboxylic acids is 1. The zero-order valence-electron chi connectivity index (χ0n) is 23.2. The van der Waals surface area contributed by atoms with E-state index in [2.05, 4.69) is 15.3 Å². The number of carbonyl (C=O) groups is 1. The lowest BCUT2D eigenvalue weighted by atomic mass is 9.96. The average molecular weight is 553 g/mol. The zero-order chi connectivity index (χ0) is 29.1. The van der Waals surface area contributed by atoms with E-state index in [0.29, 0.717) is 54.5 Å². The molecule has 0 unspecified atom stereocenters. The van der Waals surface area contributed by atoms with Crippen LogP contribution < -0.4 is 21.5 Å². The molecule has 1 saturated heterocycles. The van der Waals surface area contributed by atoms with Gasteiger partial charge in [-0.1, -0.05) is 25.1 Å². The summed E-state index contributed by atoms with van der Waals surface area (Å²) in [6.07, 6.45) is 3.00. The van der Waals surface area contributed by atoms with Crippen LogP contribution in [0.3, 0.4) is 0 Å². The first-order valence-electron chi connectivity index (χ1n) is 13.4. The molecule has 0 radical (unpaired) electrons. The first kappa shape index (κ1) is 27.6. The summed E-state index contributed by atoms with van der Waals surface area (Å²) in [5.74, 6) is 1.22. The second kappa shape index (κ2) is 11.3. The largest absolute Gasteiger partial charge is 0.457 e. The van der Waals surface area contributed by atoms with Crippen molar-refractivity contribution in [3.05, 3.63) is 83.1 Å². The summed E-state index contributed by atoms with van der Waals surface area (Å²) in [6, 6.07) is 18.6. The Morgan fingerprint density at radius 2 is 1.83 bits per heavy atom. The van der Waals surface area contributed by atoms with Crippen molar-refractivity contribution in [3.63, 3.8) is 0 Å². The number of aromatic nitrogens is 4. The van der Waals surface area contributed by atoms with Crippen molar-refractivity contribution in [1.29, 1.82) is 5.26 Å². The molecule has 11 heteroatoms. The second-order valence-electron chi connectivity index (χ2n) is 10.6. The van der Waals surface area contributed by atoms with E-state index in [0.717, 1.165) is 0 Å². The topological polar surface area (TPSA) is 144 Å². The average Bonchev–Trinajstić information content (AvgIpc) is 3.21. The standard InChI is InChI=1S/C30H32N8O3/c1-4-35-30(2,3)14-21(15-31)28(39)36-16-20(17-36)18-37-27-25(26(32)33-19-34-27)38(29(37)40)22-10-12-24(13-11-22)41-23-8-6-5-7-9-23/h5-14,19-20,35H,4,16-18H2,1-3H3,(H2,32,33,34).